The van der Waals surface area contributed by atoms with Crippen molar-refractivity contribution in [2.75, 3.05) is 7.11 Å². The Bertz CT molecular complexity index is 817. The fourth-order valence-electron chi connectivity index (χ4n) is 2.51. The first-order chi connectivity index (χ1) is 10.6. The molecule has 3 rings (SSSR count). The molecule has 0 saturated heterocycles. The van der Waals surface area contributed by atoms with Crippen LogP contribution in [0.1, 0.15) is 21.6 Å². The SMILES string of the molecule is COC(=O)c1c(C)nn(-c2cccc(C)c2)c1-n1cccc1. The molecule has 0 aliphatic rings. The molecule has 3 aromatic rings. The molecular weight excluding hydrogens is 278 g/mol. The topological polar surface area (TPSA) is 49.0 Å². The predicted molar refractivity (Wildman–Crippen MR) is 83.7 cm³/mol. The van der Waals surface area contributed by atoms with Gasteiger partial charge in [0.25, 0.3) is 0 Å². The molecule has 2 aromatic heterocycles. The highest BCUT2D eigenvalue weighted by atomic mass is 16.5. The van der Waals surface area contributed by atoms with Crippen molar-refractivity contribution in [3.63, 3.8) is 0 Å². The number of hydrogen-bond donors (Lipinski definition) is 0. The number of benzene rings is 1. The number of carbonyl (C=O) groups excluding carboxylic acids is 1. The number of methoxy groups -OCH3 is 1. The molecule has 5 nitrogen and oxygen atoms in total. The molecule has 22 heavy (non-hydrogen) atoms. The molecule has 0 unspecified atom stereocenters. The van der Waals surface area contributed by atoms with Crippen molar-refractivity contribution in [1.29, 1.82) is 0 Å². The predicted octanol–water partition coefficient (Wildman–Crippen LogP) is 3.07. The highest BCUT2D eigenvalue weighted by molar-refractivity contribution is 5.94. The summed E-state index contributed by atoms with van der Waals surface area (Å²) in [4.78, 5) is 12.2. The summed E-state index contributed by atoms with van der Waals surface area (Å²) < 4.78 is 8.57. The van der Waals surface area contributed by atoms with E-state index in [2.05, 4.69) is 5.10 Å². The average Bonchev–Trinajstić information content (AvgIpc) is 3.13. The molecule has 0 radical (unpaired) electrons. The molecule has 0 aliphatic carbocycles. The molecule has 0 aliphatic heterocycles. The van der Waals surface area contributed by atoms with Crippen molar-refractivity contribution < 1.29 is 9.53 Å². The lowest BCUT2D eigenvalue weighted by atomic mass is 10.2. The first-order valence-corrected chi connectivity index (χ1v) is 7.00. The van der Waals surface area contributed by atoms with Crippen LogP contribution in [-0.2, 0) is 4.74 Å². The second kappa shape index (κ2) is 5.52. The highest BCUT2D eigenvalue weighted by Gasteiger charge is 2.24. The van der Waals surface area contributed by atoms with Crippen molar-refractivity contribution in [2.45, 2.75) is 13.8 Å². The van der Waals surface area contributed by atoms with Gasteiger partial charge in [-0.3, -0.25) is 0 Å². The van der Waals surface area contributed by atoms with Crippen molar-refractivity contribution in [2.24, 2.45) is 0 Å². The molecule has 0 atom stereocenters. The number of aromatic nitrogens is 3. The van der Waals surface area contributed by atoms with E-state index in [0.29, 0.717) is 17.1 Å². The Morgan fingerprint density at radius 2 is 1.86 bits per heavy atom. The lowest BCUT2D eigenvalue weighted by molar-refractivity contribution is 0.0600. The minimum absolute atomic E-state index is 0.389. The van der Waals surface area contributed by atoms with Crippen LogP contribution in [0.2, 0.25) is 0 Å². The van der Waals surface area contributed by atoms with Crippen LogP contribution in [0.3, 0.4) is 0 Å². The second-order valence-electron chi connectivity index (χ2n) is 5.12. The van der Waals surface area contributed by atoms with Gasteiger partial charge in [-0.05, 0) is 43.7 Å². The van der Waals surface area contributed by atoms with Crippen LogP contribution in [0.4, 0.5) is 0 Å². The molecule has 112 valence electrons. The van der Waals surface area contributed by atoms with E-state index in [1.165, 1.54) is 7.11 Å². The van der Waals surface area contributed by atoms with Crippen LogP contribution in [0.15, 0.2) is 48.8 Å². The third-order valence-electron chi connectivity index (χ3n) is 3.52. The Morgan fingerprint density at radius 1 is 1.14 bits per heavy atom. The molecule has 1 aromatic carbocycles. The standard InChI is InChI=1S/C17H17N3O2/c1-12-7-6-8-14(11-12)20-16(19-9-4-5-10-19)15(13(2)18-20)17(21)22-3/h4-11H,1-3H3. The van der Waals surface area contributed by atoms with E-state index in [0.717, 1.165) is 11.3 Å². The zero-order chi connectivity index (χ0) is 15.7. The van der Waals surface area contributed by atoms with Gasteiger partial charge in [-0.15, -0.1) is 0 Å². The van der Waals surface area contributed by atoms with Gasteiger partial charge in [0.1, 0.15) is 5.56 Å². The van der Waals surface area contributed by atoms with Crippen LogP contribution in [0, 0.1) is 13.8 Å². The smallest absolute Gasteiger partial charge is 0.343 e. The number of hydrogen-bond acceptors (Lipinski definition) is 3. The first kappa shape index (κ1) is 14.1. The average molecular weight is 295 g/mol. The Morgan fingerprint density at radius 3 is 2.50 bits per heavy atom. The normalized spacial score (nSPS) is 10.7. The van der Waals surface area contributed by atoms with Crippen molar-refractivity contribution in [1.82, 2.24) is 14.3 Å². The largest absolute Gasteiger partial charge is 0.465 e. The molecule has 0 spiro atoms. The summed E-state index contributed by atoms with van der Waals surface area (Å²) in [6.07, 6.45) is 3.77. The Balaban J connectivity index is 2.29. The number of aryl methyl sites for hydroxylation is 2. The quantitative estimate of drug-likeness (QED) is 0.698. The highest BCUT2D eigenvalue weighted by Crippen LogP contribution is 2.24. The Kier molecular flexibility index (Phi) is 3.55. The molecule has 0 amide bonds. The zero-order valence-corrected chi connectivity index (χ0v) is 12.8. The summed E-state index contributed by atoms with van der Waals surface area (Å²) in [5.74, 6) is 0.292. The molecule has 0 fully saturated rings. The third kappa shape index (κ3) is 2.30. The van der Waals surface area contributed by atoms with Gasteiger partial charge in [-0.1, -0.05) is 12.1 Å². The van der Waals surface area contributed by atoms with E-state index < -0.39 is 0 Å². The van der Waals surface area contributed by atoms with Gasteiger partial charge in [-0.25, -0.2) is 9.48 Å². The van der Waals surface area contributed by atoms with Crippen LogP contribution < -0.4 is 0 Å². The van der Waals surface area contributed by atoms with Gasteiger partial charge < -0.3 is 9.30 Å². The van der Waals surface area contributed by atoms with Crippen LogP contribution >= 0.6 is 0 Å². The van der Waals surface area contributed by atoms with Crippen LogP contribution in [0.5, 0.6) is 0 Å². The fraction of sp³-hybridized carbons (Fsp3) is 0.176. The van der Waals surface area contributed by atoms with Gasteiger partial charge in [0.05, 0.1) is 18.5 Å². The van der Waals surface area contributed by atoms with Gasteiger partial charge >= 0.3 is 5.97 Å². The maximum atomic E-state index is 12.2. The number of carbonyl (C=O) groups is 1. The molecule has 0 N–H and O–H groups in total. The number of ether oxygens (including phenoxy) is 1. The molecule has 5 heteroatoms. The maximum absolute atomic E-state index is 12.2. The van der Waals surface area contributed by atoms with E-state index in [1.807, 2.05) is 67.2 Å². The van der Waals surface area contributed by atoms with E-state index in [9.17, 15) is 4.79 Å². The zero-order valence-electron chi connectivity index (χ0n) is 12.8. The van der Waals surface area contributed by atoms with Gasteiger partial charge in [0.2, 0.25) is 0 Å². The number of nitrogens with zero attached hydrogens (tertiary/aromatic N) is 3. The minimum atomic E-state index is -0.389. The van der Waals surface area contributed by atoms with E-state index in [-0.39, 0.29) is 5.97 Å². The van der Waals surface area contributed by atoms with Crippen molar-refractivity contribution in [3.8, 4) is 11.5 Å². The first-order valence-electron chi connectivity index (χ1n) is 7.00. The van der Waals surface area contributed by atoms with Gasteiger partial charge in [0, 0.05) is 12.4 Å². The Hall–Kier alpha value is -2.82. The molecule has 2 heterocycles. The van der Waals surface area contributed by atoms with E-state index >= 15 is 0 Å². The molecule has 0 saturated carbocycles. The van der Waals surface area contributed by atoms with Crippen LogP contribution in [0.25, 0.3) is 11.5 Å². The lowest BCUT2D eigenvalue weighted by Crippen LogP contribution is -2.10. The third-order valence-corrected chi connectivity index (χ3v) is 3.52. The van der Waals surface area contributed by atoms with Crippen LogP contribution in [-0.4, -0.2) is 27.4 Å². The summed E-state index contributed by atoms with van der Waals surface area (Å²) in [7, 11) is 1.38. The number of esters is 1. The maximum Gasteiger partial charge on any atom is 0.343 e. The van der Waals surface area contributed by atoms with Crippen molar-refractivity contribution >= 4 is 5.97 Å². The minimum Gasteiger partial charge on any atom is -0.465 e. The van der Waals surface area contributed by atoms with E-state index in [4.69, 9.17) is 4.74 Å². The monoisotopic (exact) mass is 295 g/mol. The van der Waals surface area contributed by atoms with Gasteiger partial charge in [-0.2, -0.15) is 5.10 Å². The summed E-state index contributed by atoms with van der Waals surface area (Å²) in [6.45, 7) is 3.84. The summed E-state index contributed by atoms with van der Waals surface area (Å²) in [5.41, 5.74) is 3.14. The molecular formula is C17H17N3O2. The fourth-order valence-corrected chi connectivity index (χ4v) is 2.51. The van der Waals surface area contributed by atoms with E-state index in [1.54, 1.807) is 4.68 Å². The van der Waals surface area contributed by atoms with Crippen molar-refractivity contribution in [3.05, 3.63) is 65.6 Å². The number of rotatable bonds is 3. The Labute approximate surface area is 128 Å². The van der Waals surface area contributed by atoms with Gasteiger partial charge in [0.15, 0.2) is 5.82 Å². The molecule has 0 bridgehead atoms. The summed E-state index contributed by atoms with van der Waals surface area (Å²) in [5, 5.41) is 4.54. The second-order valence-corrected chi connectivity index (χ2v) is 5.12. The summed E-state index contributed by atoms with van der Waals surface area (Å²) in [6, 6.07) is 11.8. The lowest BCUT2D eigenvalue weighted by Gasteiger charge is -2.10. The summed E-state index contributed by atoms with van der Waals surface area (Å²) >= 11 is 0.